The second kappa shape index (κ2) is 4.11. The Balaban J connectivity index is 2.04. The maximum absolute atomic E-state index is 10.8. The quantitative estimate of drug-likeness (QED) is 0.785. The van der Waals surface area contributed by atoms with Crippen molar-refractivity contribution < 1.29 is 9.90 Å². The second-order valence-corrected chi connectivity index (χ2v) is 4.56. The Labute approximate surface area is 86.8 Å². The molecular formula is C10H13NO2S. The van der Waals surface area contributed by atoms with Crippen molar-refractivity contribution in [3.05, 3.63) is 22.4 Å². The smallest absolute Gasteiger partial charge is 0.306 e. The molecule has 2 rings (SSSR count). The standard InChI is InChI=1S/C10H13NO2S/c12-10(13)7-3-4-11-8(6-7)9-2-1-5-14-9/h1-2,5,7-8,11H,3-4,6H2,(H,12,13). The summed E-state index contributed by atoms with van der Waals surface area (Å²) in [6.45, 7) is 0.805. The Morgan fingerprint density at radius 2 is 2.50 bits per heavy atom. The third kappa shape index (κ3) is 1.96. The van der Waals surface area contributed by atoms with E-state index in [2.05, 4.69) is 11.4 Å². The first-order chi connectivity index (χ1) is 6.77. The first-order valence-electron chi connectivity index (χ1n) is 4.77. The zero-order chi connectivity index (χ0) is 9.97. The van der Waals surface area contributed by atoms with Crippen LogP contribution in [0.4, 0.5) is 0 Å². The van der Waals surface area contributed by atoms with Gasteiger partial charge in [-0.2, -0.15) is 0 Å². The summed E-state index contributed by atoms with van der Waals surface area (Å²) < 4.78 is 0. The Hall–Kier alpha value is -0.870. The average Bonchev–Trinajstić information content (AvgIpc) is 2.71. The van der Waals surface area contributed by atoms with Crippen molar-refractivity contribution in [2.45, 2.75) is 18.9 Å². The highest BCUT2D eigenvalue weighted by molar-refractivity contribution is 7.10. The summed E-state index contributed by atoms with van der Waals surface area (Å²) in [6, 6.07) is 4.31. The molecule has 1 aliphatic heterocycles. The van der Waals surface area contributed by atoms with Gasteiger partial charge in [0.25, 0.3) is 0 Å². The third-order valence-corrected chi connectivity index (χ3v) is 3.63. The molecule has 1 aliphatic rings. The fourth-order valence-corrected chi connectivity index (χ4v) is 2.66. The maximum Gasteiger partial charge on any atom is 0.306 e. The first kappa shape index (κ1) is 9.68. The summed E-state index contributed by atoms with van der Waals surface area (Å²) in [5.41, 5.74) is 0. The van der Waals surface area contributed by atoms with Crippen molar-refractivity contribution in [2.75, 3.05) is 6.54 Å². The molecule has 0 saturated carbocycles. The van der Waals surface area contributed by atoms with Gasteiger partial charge in [0, 0.05) is 10.9 Å². The SMILES string of the molecule is O=C(O)C1CCNC(c2cccs2)C1. The van der Waals surface area contributed by atoms with Gasteiger partial charge in [0.05, 0.1) is 5.92 Å². The van der Waals surface area contributed by atoms with E-state index < -0.39 is 5.97 Å². The van der Waals surface area contributed by atoms with Crippen molar-refractivity contribution in [1.82, 2.24) is 5.32 Å². The molecule has 1 aromatic heterocycles. The zero-order valence-corrected chi connectivity index (χ0v) is 8.59. The fourth-order valence-electron chi connectivity index (χ4n) is 1.85. The minimum absolute atomic E-state index is 0.177. The van der Waals surface area contributed by atoms with Crippen LogP contribution >= 0.6 is 11.3 Å². The number of hydrogen-bond acceptors (Lipinski definition) is 3. The Bertz CT molecular complexity index is 310. The van der Waals surface area contributed by atoms with Crippen molar-refractivity contribution in [2.24, 2.45) is 5.92 Å². The fraction of sp³-hybridized carbons (Fsp3) is 0.500. The minimum Gasteiger partial charge on any atom is -0.481 e. The van der Waals surface area contributed by atoms with Gasteiger partial charge in [-0.3, -0.25) is 4.79 Å². The van der Waals surface area contributed by atoms with Crippen LogP contribution in [0.25, 0.3) is 0 Å². The molecule has 2 unspecified atom stereocenters. The van der Waals surface area contributed by atoms with Crippen molar-refractivity contribution in [3.63, 3.8) is 0 Å². The molecule has 3 nitrogen and oxygen atoms in total. The van der Waals surface area contributed by atoms with Crippen molar-refractivity contribution >= 4 is 17.3 Å². The summed E-state index contributed by atoms with van der Waals surface area (Å²) in [5.74, 6) is -0.837. The normalized spacial score (nSPS) is 27.4. The van der Waals surface area contributed by atoms with Gasteiger partial charge in [0.15, 0.2) is 0 Å². The van der Waals surface area contributed by atoms with E-state index in [-0.39, 0.29) is 12.0 Å². The summed E-state index contributed by atoms with van der Waals surface area (Å²) >= 11 is 1.69. The highest BCUT2D eigenvalue weighted by atomic mass is 32.1. The number of thiophene rings is 1. The van der Waals surface area contributed by atoms with Gasteiger partial charge < -0.3 is 10.4 Å². The summed E-state index contributed by atoms with van der Waals surface area (Å²) in [7, 11) is 0. The predicted molar refractivity (Wildman–Crippen MR) is 55.4 cm³/mol. The summed E-state index contributed by atoms with van der Waals surface area (Å²) in [6.07, 6.45) is 1.47. The Kier molecular flexibility index (Phi) is 2.84. The first-order valence-corrected chi connectivity index (χ1v) is 5.65. The van der Waals surface area contributed by atoms with Crippen LogP contribution in [-0.4, -0.2) is 17.6 Å². The van der Waals surface area contributed by atoms with Crippen LogP contribution < -0.4 is 5.32 Å². The van der Waals surface area contributed by atoms with E-state index in [0.717, 1.165) is 19.4 Å². The number of carbonyl (C=O) groups is 1. The number of hydrogen-bond donors (Lipinski definition) is 2. The van der Waals surface area contributed by atoms with Crippen LogP contribution in [0.15, 0.2) is 17.5 Å². The van der Waals surface area contributed by atoms with E-state index >= 15 is 0 Å². The van der Waals surface area contributed by atoms with Crippen LogP contribution in [0.3, 0.4) is 0 Å². The van der Waals surface area contributed by atoms with Crippen molar-refractivity contribution in [3.8, 4) is 0 Å². The number of piperidine rings is 1. The van der Waals surface area contributed by atoms with E-state index in [1.807, 2.05) is 11.4 Å². The van der Waals surface area contributed by atoms with Crippen LogP contribution in [0.5, 0.6) is 0 Å². The van der Waals surface area contributed by atoms with Crippen LogP contribution in [-0.2, 0) is 4.79 Å². The minimum atomic E-state index is -0.659. The lowest BCUT2D eigenvalue weighted by molar-refractivity contribution is -0.142. The molecule has 14 heavy (non-hydrogen) atoms. The van der Waals surface area contributed by atoms with Gasteiger partial charge in [0.1, 0.15) is 0 Å². The average molecular weight is 211 g/mol. The van der Waals surface area contributed by atoms with Gasteiger partial charge in [-0.25, -0.2) is 0 Å². The molecule has 4 heteroatoms. The molecule has 0 spiro atoms. The molecule has 0 radical (unpaired) electrons. The highest BCUT2D eigenvalue weighted by Gasteiger charge is 2.27. The zero-order valence-electron chi connectivity index (χ0n) is 7.77. The lowest BCUT2D eigenvalue weighted by atomic mass is 9.92. The van der Waals surface area contributed by atoms with E-state index in [1.54, 1.807) is 11.3 Å². The van der Waals surface area contributed by atoms with Gasteiger partial charge in [0.2, 0.25) is 0 Å². The van der Waals surface area contributed by atoms with E-state index in [1.165, 1.54) is 4.88 Å². The van der Waals surface area contributed by atoms with Crippen molar-refractivity contribution in [1.29, 1.82) is 0 Å². The molecule has 2 N–H and O–H groups in total. The monoisotopic (exact) mass is 211 g/mol. The number of carboxylic acid groups (broad SMARTS) is 1. The number of aliphatic carboxylic acids is 1. The molecular weight excluding hydrogens is 198 g/mol. The number of rotatable bonds is 2. The second-order valence-electron chi connectivity index (χ2n) is 3.58. The number of nitrogens with one attached hydrogen (secondary N) is 1. The van der Waals surface area contributed by atoms with Gasteiger partial charge in [-0.15, -0.1) is 11.3 Å². The summed E-state index contributed by atoms with van der Waals surface area (Å²) in [4.78, 5) is 12.1. The molecule has 1 saturated heterocycles. The van der Waals surface area contributed by atoms with Crippen LogP contribution in [0.1, 0.15) is 23.8 Å². The van der Waals surface area contributed by atoms with Crippen LogP contribution in [0, 0.1) is 5.92 Å². The van der Waals surface area contributed by atoms with Gasteiger partial charge in [-0.1, -0.05) is 6.07 Å². The van der Waals surface area contributed by atoms with E-state index in [0.29, 0.717) is 0 Å². The predicted octanol–water partition coefficient (Wildman–Crippen LogP) is 1.87. The van der Waals surface area contributed by atoms with E-state index in [9.17, 15) is 4.79 Å². The molecule has 0 amide bonds. The third-order valence-electron chi connectivity index (χ3n) is 2.64. The Morgan fingerprint density at radius 1 is 1.64 bits per heavy atom. The molecule has 1 fully saturated rings. The largest absolute Gasteiger partial charge is 0.481 e. The van der Waals surface area contributed by atoms with Crippen LogP contribution in [0.2, 0.25) is 0 Å². The molecule has 2 heterocycles. The molecule has 2 atom stereocenters. The number of carboxylic acids is 1. The maximum atomic E-state index is 10.8. The molecule has 0 bridgehead atoms. The lowest BCUT2D eigenvalue weighted by Crippen LogP contribution is -2.34. The topological polar surface area (TPSA) is 49.3 Å². The molecule has 0 aliphatic carbocycles. The van der Waals surface area contributed by atoms with E-state index in [4.69, 9.17) is 5.11 Å². The molecule has 76 valence electrons. The molecule has 1 aromatic rings. The highest BCUT2D eigenvalue weighted by Crippen LogP contribution is 2.29. The lowest BCUT2D eigenvalue weighted by Gasteiger charge is -2.27. The molecule has 0 aromatic carbocycles. The van der Waals surface area contributed by atoms with Gasteiger partial charge >= 0.3 is 5.97 Å². The summed E-state index contributed by atoms with van der Waals surface area (Å²) in [5, 5.41) is 14.3. The Morgan fingerprint density at radius 3 is 3.14 bits per heavy atom. The van der Waals surface area contributed by atoms with Gasteiger partial charge in [-0.05, 0) is 30.8 Å².